The van der Waals surface area contributed by atoms with Crippen LogP contribution in [0.25, 0.3) is 11.4 Å². The topological polar surface area (TPSA) is 50.8 Å². The van der Waals surface area contributed by atoms with E-state index in [9.17, 15) is 4.39 Å². The third kappa shape index (κ3) is 4.10. The Hall–Kier alpha value is -2.34. The van der Waals surface area contributed by atoms with E-state index in [1.165, 1.54) is 23.4 Å². The average molecular weight is 329 g/mol. The Kier molecular flexibility index (Phi) is 4.92. The van der Waals surface area contributed by atoms with Crippen molar-refractivity contribution in [2.24, 2.45) is 0 Å². The van der Waals surface area contributed by atoms with Crippen LogP contribution in [0.1, 0.15) is 5.56 Å². The molecule has 0 radical (unpaired) electrons. The number of nitrogens with zero attached hydrogens (tertiary/aromatic N) is 2. The van der Waals surface area contributed by atoms with E-state index >= 15 is 0 Å². The van der Waals surface area contributed by atoms with Gasteiger partial charge in [0, 0.05) is 11.3 Å². The number of halogens is 1. The largest absolute Gasteiger partial charge is 0.490 e. The molecule has 0 aliphatic heterocycles. The lowest BCUT2D eigenvalue weighted by atomic mass is 10.1. The summed E-state index contributed by atoms with van der Waals surface area (Å²) in [7, 11) is 0. The Morgan fingerprint density at radius 1 is 1.13 bits per heavy atom. The number of aryl methyl sites for hydroxylation is 1. The molecule has 4 nitrogen and oxygen atoms in total. The molecule has 1 heterocycles. The van der Waals surface area contributed by atoms with E-state index in [0.717, 1.165) is 11.4 Å². The molecule has 118 valence electrons. The molecule has 1 N–H and O–H groups in total. The molecule has 0 fully saturated rings. The smallest absolute Gasteiger partial charge is 0.208 e. The Morgan fingerprint density at radius 3 is 2.70 bits per heavy atom. The highest BCUT2D eigenvalue weighted by molar-refractivity contribution is 7.99. The molecule has 1 aromatic heterocycles. The number of hydrogen-bond donors (Lipinski definition) is 1. The molecular weight excluding hydrogens is 313 g/mol. The molecule has 0 saturated heterocycles. The van der Waals surface area contributed by atoms with E-state index in [1.807, 2.05) is 31.2 Å². The first-order valence-corrected chi connectivity index (χ1v) is 8.20. The molecule has 0 aliphatic carbocycles. The van der Waals surface area contributed by atoms with E-state index in [0.29, 0.717) is 17.5 Å². The maximum Gasteiger partial charge on any atom is 0.208 e. The number of aromatic amines is 1. The zero-order chi connectivity index (χ0) is 16.1. The van der Waals surface area contributed by atoms with Gasteiger partial charge < -0.3 is 4.74 Å². The van der Waals surface area contributed by atoms with Gasteiger partial charge in [0.05, 0.1) is 6.61 Å². The quantitative estimate of drug-likeness (QED) is 0.547. The first-order valence-electron chi connectivity index (χ1n) is 7.22. The highest BCUT2D eigenvalue weighted by Gasteiger charge is 2.07. The molecule has 0 amide bonds. The zero-order valence-electron chi connectivity index (χ0n) is 12.6. The number of para-hydroxylation sites is 1. The van der Waals surface area contributed by atoms with Crippen LogP contribution in [0.15, 0.2) is 53.7 Å². The monoisotopic (exact) mass is 329 g/mol. The predicted octanol–water partition coefficient (Wildman–Crippen LogP) is 4.09. The standard InChI is InChI=1S/C17H16FN3OS/c1-12-6-8-13(9-7-12)16-19-17(21-20-16)23-11-10-22-15-5-3-2-4-14(15)18/h2-9H,10-11H2,1H3,(H,19,20,21). The number of benzene rings is 2. The summed E-state index contributed by atoms with van der Waals surface area (Å²) < 4.78 is 18.8. The Labute approximate surface area is 138 Å². The van der Waals surface area contributed by atoms with Gasteiger partial charge in [-0.25, -0.2) is 9.37 Å². The van der Waals surface area contributed by atoms with Crippen molar-refractivity contribution in [2.45, 2.75) is 12.1 Å². The predicted molar refractivity (Wildman–Crippen MR) is 89.2 cm³/mol. The molecule has 0 aliphatic rings. The molecular formula is C17H16FN3OS. The molecule has 2 aromatic carbocycles. The summed E-state index contributed by atoms with van der Waals surface area (Å²) in [6.45, 7) is 2.43. The summed E-state index contributed by atoms with van der Waals surface area (Å²) in [5.41, 5.74) is 2.20. The summed E-state index contributed by atoms with van der Waals surface area (Å²) in [6, 6.07) is 14.5. The van der Waals surface area contributed by atoms with E-state index in [-0.39, 0.29) is 11.6 Å². The van der Waals surface area contributed by atoms with Crippen LogP contribution in [0, 0.1) is 12.7 Å². The number of nitrogens with one attached hydrogen (secondary N) is 1. The lowest BCUT2D eigenvalue weighted by molar-refractivity contribution is 0.325. The number of H-pyrrole nitrogens is 1. The van der Waals surface area contributed by atoms with Crippen LogP contribution in [0.4, 0.5) is 4.39 Å². The van der Waals surface area contributed by atoms with Gasteiger partial charge in [-0.1, -0.05) is 53.7 Å². The molecule has 3 aromatic rings. The van der Waals surface area contributed by atoms with Crippen molar-refractivity contribution in [1.29, 1.82) is 0 Å². The average Bonchev–Trinajstić information content (AvgIpc) is 3.03. The van der Waals surface area contributed by atoms with Gasteiger partial charge in [-0.3, -0.25) is 5.10 Å². The minimum Gasteiger partial charge on any atom is -0.490 e. The second kappa shape index (κ2) is 7.28. The molecule has 23 heavy (non-hydrogen) atoms. The van der Waals surface area contributed by atoms with Crippen molar-refractivity contribution in [3.63, 3.8) is 0 Å². The van der Waals surface area contributed by atoms with Gasteiger partial charge in [0.2, 0.25) is 5.16 Å². The Bertz CT molecular complexity index is 774. The van der Waals surface area contributed by atoms with Crippen LogP contribution in [0.2, 0.25) is 0 Å². The number of rotatable bonds is 6. The van der Waals surface area contributed by atoms with Crippen LogP contribution in [-0.4, -0.2) is 27.5 Å². The summed E-state index contributed by atoms with van der Waals surface area (Å²) >= 11 is 1.46. The Morgan fingerprint density at radius 2 is 1.91 bits per heavy atom. The number of ether oxygens (including phenoxy) is 1. The molecule has 0 unspecified atom stereocenters. The van der Waals surface area contributed by atoms with Gasteiger partial charge in [0.15, 0.2) is 17.4 Å². The second-order valence-electron chi connectivity index (χ2n) is 4.96. The fourth-order valence-corrected chi connectivity index (χ4v) is 2.61. The van der Waals surface area contributed by atoms with Gasteiger partial charge in [0.1, 0.15) is 0 Å². The lowest BCUT2D eigenvalue weighted by Gasteiger charge is -2.05. The van der Waals surface area contributed by atoms with Crippen LogP contribution in [0.5, 0.6) is 5.75 Å². The number of aromatic nitrogens is 3. The maximum atomic E-state index is 13.4. The molecule has 0 atom stereocenters. The van der Waals surface area contributed by atoms with Crippen molar-refractivity contribution in [2.75, 3.05) is 12.4 Å². The van der Waals surface area contributed by atoms with E-state index < -0.39 is 0 Å². The summed E-state index contributed by atoms with van der Waals surface area (Å²) in [6.07, 6.45) is 0. The first-order chi connectivity index (χ1) is 11.2. The molecule has 0 spiro atoms. The zero-order valence-corrected chi connectivity index (χ0v) is 13.4. The van der Waals surface area contributed by atoms with Crippen molar-refractivity contribution in [3.8, 4) is 17.1 Å². The highest BCUT2D eigenvalue weighted by Crippen LogP contribution is 2.20. The van der Waals surface area contributed by atoms with Crippen LogP contribution in [-0.2, 0) is 0 Å². The normalized spacial score (nSPS) is 10.7. The van der Waals surface area contributed by atoms with Crippen LogP contribution in [0.3, 0.4) is 0 Å². The van der Waals surface area contributed by atoms with E-state index in [1.54, 1.807) is 18.2 Å². The van der Waals surface area contributed by atoms with Gasteiger partial charge in [0.25, 0.3) is 0 Å². The van der Waals surface area contributed by atoms with E-state index in [4.69, 9.17) is 4.74 Å². The summed E-state index contributed by atoms with van der Waals surface area (Å²) in [4.78, 5) is 4.44. The minimum atomic E-state index is -0.350. The van der Waals surface area contributed by atoms with Gasteiger partial charge in [-0.15, -0.1) is 5.10 Å². The molecule has 3 rings (SSSR count). The van der Waals surface area contributed by atoms with Crippen molar-refractivity contribution in [1.82, 2.24) is 15.2 Å². The maximum absolute atomic E-state index is 13.4. The fourth-order valence-electron chi connectivity index (χ4n) is 2.00. The minimum absolute atomic E-state index is 0.267. The summed E-state index contributed by atoms with van der Waals surface area (Å²) in [5, 5.41) is 7.75. The van der Waals surface area contributed by atoms with Crippen molar-refractivity contribution in [3.05, 3.63) is 59.9 Å². The Balaban J connectivity index is 1.52. The highest BCUT2D eigenvalue weighted by atomic mass is 32.2. The van der Waals surface area contributed by atoms with Crippen molar-refractivity contribution < 1.29 is 9.13 Å². The van der Waals surface area contributed by atoms with Gasteiger partial charge >= 0.3 is 0 Å². The molecule has 0 bridgehead atoms. The molecule has 6 heteroatoms. The first kappa shape index (κ1) is 15.6. The third-order valence-electron chi connectivity index (χ3n) is 3.20. The lowest BCUT2D eigenvalue weighted by Crippen LogP contribution is -2.01. The van der Waals surface area contributed by atoms with Crippen molar-refractivity contribution >= 4 is 11.8 Å². The van der Waals surface area contributed by atoms with Gasteiger partial charge in [-0.2, -0.15) is 0 Å². The number of hydrogen-bond acceptors (Lipinski definition) is 4. The second-order valence-corrected chi connectivity index (χ2v) is 6.02. The molecule has 0 saturated carbocycles. The third-order valence-corrected chi connectivity index (χ3v) is 4.01. The number of thioether (sulfide) groups is 1. The van der Waals surface area contributed by atoms with Crippen LogP contribution < -0.4 is 4.74 Å². The summed E-state index contributed by atoms with van der Waals surface area (Å²) in [5.74, 6) is 1.29. The van der Waals surface area contributed by atoms with Gasteiger partial charge in [-0.05, 0) is 19.1 Å². The van der Waals surface area contributed by atoms with E-state index in [2.05, 4.69) is 15.2 Å². The van der Waals surface area contributed by atoms with Crippen LogP contribution >= 0.6 is 11.8 Å². The fraction of sp³-hybridized carbons (Fsp3) is 0.176. The SMILES string of the molecule is Cc1ccc(-c2nc(SCCOc3ccccc3F)n[nH]2)cc1.